The predicted molar refractivity (Wildman–Crippen MR) is 61.1 cm³/mol. The first-order chi connectivity index (χ1) is 6.66. The molecule has 0 spiro atoms. The van der Waals surface area contributed by atoms with Crippen molar-refractivity contribution in [3.63, 3.8) is 0 Å². The fourth-order valence-corrected chi connectivity index (χ4v) is 1.50. The van der Waals surface area contributed by atoms with Gasteiger partial charge in [-0.2, -0.15) is 0 Å². The van der Waals surface area contributed by atoms with Crippen LogP contribution >= 0.6 is 15.9 Å². The summed E-state index contributed by atoms with van der Waals surface area (Å²) in [5.74, 6) is 0.807. The minimum Gasteiger partial charge on any atom is -0.492 e. The van der Waals surface area contributed by atoms with E-state index in [9.17, 15) is 5.11 Å². The molecule has 0 radical (unpaired) electrons. The van der Waals surface area contributed by atoms with Crippen LogP contribution in [0.1, 0.15) is 24.2 Å². The summed E-state index contributed by atoms with van der Waals surface area (Å²) in [5.41, 5.74) is 1.91. The van der Waals surface area contributed by atoms with Crippen LogP contribution in [-0.4, -0.2) is 17.0 Å². The van der Waals surface area contributed by atoms with Crippen LogP contribution in [0.2, 0.25) is 0 Å². The number of para-hydroxylation sites is 1. The monoisotopic (exact) mass is 258 g/mol. The van der Waals surface area contributed by atoms with Gasteiger partial charge in [-0.1, -0.05) is 34.1 Å². The Balaban J connectivity index is 2.96. The molecule has 1 unspecified atom stereocenters. The van der Waals surface area contributed by atoms with Crippen LogP contribution in [0.3, 0.4) is 0 Å². The van der Waals surface area contributed by atoms with E-state index in [0.29, 0.717) is 6.61 Å². The molecule has 1 atom stereocenters. The molecular formula is C11H15BrO2. The van der Waals surface area contributed by atoms with Crippen LogP contribution < -0.4 is 4.74 Å². The molecule has 1 aromatic carbocycles. The highest BCUT2D eigenvalue weighted by molar-refractivity contribution is 9.09. The van der Waals surface area contributed by atoms with E-state index in [2.05, 4.69) is 15.9 Å². The second kappa shape index (κ2) is 5.37. The topological polar surface area (TPSA) is 29.5 Å². The summed E-state index contributed by atoms with van der Waals surface area (Å²) in [6, 6.07) is 5.80. The maximum Gasteiger partial charge on any atom is 0.128 e. The average Bonchev–Trinajstić information content (AvgIpc) is 2.15. The van der Waals surface area contributed by atoms with Gasteiger partial charge in [0.1, 0.15) is 5.75 Å². The molecule has 0 saturated carbocycles. The first-order valence-electron chi connectivity index (χ1n) is 4.63. The molecule has 1 rings (SSSR count). The zero-order valence-corrected chi connectivity index (χ0v) is 10.0. The van der Waals surface area contributed by atoms with Gasteiger partial charge in [0.15, 0.2) is 0 Å². The number of aliphatic hydroxyl groups is 1. The molecule has 3 heteroatoms. The molecule has 2 nitrogen and oxygen atoms in total. The number of rotatable bonds is 4. The normalized spacial score (nSPS) is 12.6. The second-order valence-corrected chi connectivity index (χ2v) is 4.00. The molecule has 0 saturated heterocycles. The van der Waals surface area contributed by atoms with E-state index in [1.807, 2.05) is 25.1 Å². The summed E-state index contributed by atoms with van der Waals surface area (Å²) < 4.78 is 5.57. The van der Waals surface area contributed by atoms with Crippen LogP contribution in [0.15, 0.2) is 18.2 Å². The minimum absolute atomic E-state index is 0.486. The third-order valence-corrected chi connectivity index (χ3v) is 2.34. The Bertz CT molecular complexity index is 297. The van der Waals surface area contributed by atoms with E-state index < -0.39 is 6.10 Å². The zero-order chi connectivity index (χ0) is 10.6. The number of aliphatic hydroxyl groups excluding tert-OH is 1. The van der Waals surface area contributed by atoms with Gasteiger partial charge in [0, 0.05) is 10.9 Å². The third kappa shape index (κ3) is 2.72. The van der Waals surface area contributed by atoms with Gasteiger partial charge in [-0.25, -0.2) is 0 Å². The highest BCUT2D eigenvalue weighted by atomic mass is 79.9. The Morgan fingerprint density at radius 2 is 2.21 bits per heavy atom. The lowest BCUT2D eigenvalue weighted by Gasteiger charge is -2.14. The highest BCUT2D eigenvalue weighted by Gasteiger charge is 2.10. The summed E-state index contributed by atoms with van der Waals surface area (Å²) in [6.45, 7) is 4.34. The third-order valence-electron chi connectivity index (χ3n) is 2.02. The molecule has 78 valence electrons. The van der Waals surface area contributed by atoms with E-state index in [1.165, 1.54) is 0 Å². The van der Waals surface area contributed by atoms with Gasteiger partial charge in [-0.15, -0.1) is 0 Å². The lowest BCUT2D eigenvalue weighted by Crippen LogP contribution is -2.04. The quantitative estimate of drug-likeness (QED) is 0.842. The fraction of sp³-hybridized carbons (Fsp3) is 0.455. The Hall–Kier alpha value is -0.540. The highest BCUT2D eigenvalue weighted by Crippen LogP contribution is 2.28. The van der Waals surface area contributed by atoms with Crippen molar-refractivity contribution in [1.82, 2.24) is 0 Å². The standard InChI is InChI=1S/C11H15BrO2/c1-8-4-3-5-10(9(2)13)11(8)14-7-6-12/h3-5,9,13H,6-7H2,1-2H3. The average molecular weight is 259 g/mol. The minimum atomic E-state index is -0.486. The van der Waals surface area contributed by atoms with Crippen molar-refractivity contribution in [2.24, 2.45) is 0 Å². The summed E-state index contributed by atoms with van der Waals surface area (Å²) >= 11 is 3.31. The van der Waals surface area contributed by atoms with E-state index >= 15 is 0 Å². The molecule has 0 aliphatic carbocycles. The number of hydrogen-bond acceptors (Lipinski definition) is 2. The van der Waals surface area contributed by atoms with Crippen LogP contribution in [-0.2, 0) is 0 Å². The van der Waals surface area contributed by atoms with Gasteiger partial charge in [0.2, 0.25) is 0 Å². The van der Waals surface area contributed by atoms with Crippen molar-refractivity contribution < 1.29 is 9.84 Å². The Morgan fingerprint density at radius 1 is 1.50 bits per heavy atom. The van der Waals surface area contributed by atoms with E-state index in [0.717, 1.165) is 22.2 Å². The number of alkyl halides is 1. The fourth-order valence-electron chi connectivity index (χ4n) is 1.34. The number of ether oxygens (including phenoxy) is 1. The molecular weight excluding hydrogens is 244 g/mol. The maximum absolute atomic E-state index is 9.54. The molecule has 1 aromatic rings. The molecule has 14 heavy (non-hydrogen) atoms. The van der Waals surface area contributed by atoms with Crippen molar-refractivity contribution in [3.8, 4) is 5.75 Å². The van der Waals surface area contributed by atoms with Crippen molar-refractivity contribution in [3.05, 3.63) is 29.3 Å². The number of benzene rings is 1. The molecule has 1 N–H and O–H groups in total. The predicted octanol–water partition coefficient (Wildman–Crippen LogP) is 2.82. The van der Waals surface area contributed by atoms with Gasteiger partial charge in [-0.3, -0.25) is 0 Å². The molecule has 0 bridgehead atoms. The Morgan fingerprint density at radius 3 is 2.79 bits per heavy atom. The van der Waals surface area contributed by atoms with Gasteiger partial charge >= 0.3 is 0 Å². The van der Waals surface area contributed by atoms with Gasteiger partial charge < -0.3 is 9.84 Å². The number of hydrogen-bond donors (Lipinski definition) is 1. The van der Waals surface area contributed by atoms with E-state index in [1.54, 1.807) is 6.92 Å². The Kier molecular flexibility index (Phi) is 4.42. The van der Waals surface area contributed by atoms with Crippen LogP contribution in [0, 0.1) is 6.92 Å². The molecule has 0 fully saturated rings. The van der Waals surface area contributed by atoms with Crippen LogP contribution in [0.4, 0.5) is 0 Å². The van der Waals surface area contributed by atoms with Gasteiger partial charge in [0.05, 0.1) is 12.7 Å². The number of halogens is 1. The second-order valence-electron chi connectivity index (χ2n) is 3.21. The molecule has 0 amide bonds. The molecule has 0 aromatic heterocycles. The lowest BCUT2D eigenvalue weighted by atomic mass is 10.1. The summed E-state index contributed by atoms with van der Waals surface area (Å²) in [6.07, 6.45) is -0.486. The van der Waals surface area contributed by atoms with Crippen molar-refractivity contribution >= 4 is 15.9 Å². The first-order valence-corrected chi connectivity index (χ1v) is 5.75. The SMILES string of the molecule is Cc1cccc(C(C)O)c1OCCBr. The van der Waals surface area contributed by atoms with Gasteiger partial charge in [-0.05, 0) is 19.4 Å². The smallest absolute Gasteiger partial charge is 0.128 e. The van der Waals surface area contributed by atoms with Crippen LogP contribution in [0.25, 0.3) is 0 Å². The summed E-state index contributed by atoms with van der Waals surface area (Å²) in [4.78, 5) is 0. The summed E-state index contributed by atoms with van der Waals surface area (Å²) in [7, 11) is 0. The van der Waals surface area contributed by atoms with Crippen molar-refractivity contribution in [1.29, 1.82) is 0 Å². The Labute approximate surface area is 93.0 Å². The number of aryl methyl sites for hydroxylation is 1. The first kappa shape index (κ1) is 11.5. The lowest BCUT2D eigenvalue weighted by molar-refractivity contribution is 0.192. The largest absolute Gasteiger partial charge is 0.492 e. The van der Waals surface area contributed by atoms with Crippen molar-refractivity contribution in [2.75, 3.05) is 11.9 Å². The van der Waals surface area contributed by atoms with Crippen LogP contribution in [0.5, 0.6) is 5.75 Å². The molecule has 0 aliphatic heterocycles. The van der Waals surface area contributed by atoms with E-state index in [4.69, 9.17) is 4.74 Å². The molecule has 0 aliphatic rings. The maximum atomic E-state index is 9.54. The zero-order valence-electron chi connectivity index (χ0n) is 8.46. The van der Waals surface area contributed by atoms with Gasteiger partial charge in [0.25, 0.3) is 0 Å². The van der Waals surface area contributed by atoms with E-state index in [-0.39, 0.29) is 0 Å². The molecule has 0 heterocycles. The van der Waals surface area contributed by atoms with Crippen molar-refractivity contribution in [2.45, 2.75) is 20.0 Å². The summed E-state index contributed by atoms with van der Waals surface area (Å²) in [5, 5.41) is 10.3.